The molecule has 0 aliphatic rings. The summed E-state index contributed by atoms with van der Waals surface area (Å²) in [6.45, 7) is 2.62. The average molecular weight is 298 g/mol. The lowest BCUT2D eigenvalue weighted by atomic mass is 10.2. The molecule has 0 atom stereocenters. The van der Waals surface area contributed by atoms with Crippen molar-refractivity contribution >= 4 is 11.6 Å². The summed E-state index contributed by atoms with van der Waals surface area (Å²) >= 11 is 6.04. The molecule has 1 N–H and O–H groups in total. The average Bonchev–Trinajstić information content (AvgIpc) is 2.87. The molecular weight excluding hydrogens is 281 g/mol. The van der Waals surface area contributed by atoms with Crippen LogP contribution in [0.1, 0.15) is 11.3 Å². The fraction of sp³-hybridized carbons (Fsp3) is 0.357. The summed E-state index contributed by atoms with van der Waals surface area (Å²) in [5, 5.41) is 3.77. The molecule has 0 aliphatic carbocycles. The summed E-state index contributed by atoms with van der Waals surface area (Å²) < 4.78 is 20.0. The van der Waals surface area contributed by atoms with Crippen molar-refractivity contribution < 1.29 is 9.13 Å². The van der Waals surface area contributed by atoms with E-state index in [0.717, 1.165) is 17.8 Å². The second-order valence-electron chi connectivity index (χ2n) is 4.44. The molecule has 0 saturated heterocycles. The predicted molar refractivity (Wildman–Crippen MR) is 76.3 cm³/mol. The molecule has 0 amide bonds. The Morgan fingerprint density at radius 1 is 1.45 bits per heavy atom. The first-order valence-electron chi connectivity index (χ1n) is 6.33. The molecule has 0 fully saturated rings. The van der Waals surface area contributed by atoms with Crippen molar-refractivity contribution in [3.8, 4) is 0 Å². The number of nitrogens with zero attached hydrogens (tertiary/aromatic N) is 2. The molecule has 1 heterocycles. The van der Waals surface area contributed by atoms with Crippen LogP contribution in [0.2, 0.25) is 5.02 Å². The highest BCUT2D eigenvalue weighted by molar-refractivity contribution is 6.31. The van der Waals surface area contributed by atoms with Gasteiger partial charge in [0, 0.05) is 31.4 Å². The number of imidazole rings is 1. The minimum Gasteiger partial charge on any atom is -0.383 e. The van der Waals surface area contributed by atoms with Gasteiger partial charge < -0.3 is 14.6 Å². The van der Waals surface area contributed by atoms with Gasteiger partial charge in [0.25, 0.3) is 0 Å². The van der Waals surface area contributed by atoms with E-state index in [9.17, 15) is 4.39 Å². The Morgan fingerprint density at radius 2 is 2.30 bits per heavy atom. The molecule has 108 valence electrons. The molecule has 6 heteroatoms. The number of methoxy groups -OCH3 is 1. The van der Waals surface area contributed by atoms with Crippen LogP contribution in [0, 0.1) is 5.82 Å². The second kappa shape index (κ2) is 7.38. The minimum absolute atomic E-state index is 0.286. The largest absolute Gasteiger partial charge is 0.383 e. The van der Waals surface area contributed by atoms with Crippen molar-refractivity contribution in [3.63, 3.8) is 0 Å². The zero-order valence-electron chi connectivity index (χ0n) is 11.3. The van der Waals surface area contributed by atoms with Crippen LogP contribution in [0.4, 0.5) is 4.39 Å². The van der Waals surface area contributed by atoms with Gasteiger partial charge in [0.2, 0.25) is 0 Å². The van der Waals surface area contributed by atoms with E-state index < -0.39 is 0 Å². The van der Waals surface area contributed by atoms with Crippen LogP contribution in [0.25, 0.3) is 0 Å². The van der Waals surface area contributed by atoms with Gasteiger partial charge in [0.15, 0.2) is 0 Å². The molecule has 0 spiro atoms. The third-order valence-corrected chi connectivity index (χ3v) is 3.21. The first-order valence-corrected chi connectivity index (χ1v) is 6.71. The summed E-state index contributed by atoms with van der Waals surface area (Å²) in [6.07, 6.45) is 3.63. The third kappa shape index (κ3) is 4.30. The van der Waals surface area contributed by atoms with E-state index in [4.69, 9.17) is 16.3 Å². The van der Waals surface area contributed by atoms with Gasteiger partial charge in [-0.2, -0.15) is 0 Å². The second-order valence-corrected chi connectivity index (χ2v) is 4.85. The van der Waals surface area contributed by atoms with E-state index in [1.165, 1.54) is 12.1 Å². The number of hydrogen-bond donors (Lipinski definition) is 1. The van der Waals surface area contributed by atoms with E-state index in [-0.39, 0.29) is 5.82 Å². The molecule has 1 aromatic heterocycles. The van der Waals surface area contributed by atoms with Gasteiger partial charge in [-0.1, -0.05) is 11.6 Å². The maximum absolute atomic E-state index is 13.2. The summed E-state index contributed by atoms with van der Waals surface area (Å²) in [4.78, 5) is 4.28. The summed E-state index contributed by atoms with van der Waals surface area (Å²) in [6, 6.07) is 4.36. The topological polar surface area (TPSA) is 39.1 Å². The molecule has 2 rings (SSSR count). The van der Waals surface area contributed by atoms with Crippen LogP contribution in [0.3, 0.4) is 0 Å². The number of rotatable bonds is 7. The molecular formula is C14H17ClFN3O. The number of benzene rings is 1. The van der Waals surface area contributed by atoms with Gasteiger partial charge in [-0.05, 0) is 23.8 Å². The Balaban J connectivity index is 1.93. The quantitative estimate of drug-likeness (QED) is 0.798. The zero-order valence-corrected chi connectivity index (χ0v) is 12.0. The maximum Gasteiger partial charge on any atom is 0.123 e. The van der Waals surface area contributed by atoms with Gasteiger partial charge in [-0.15, -0.1) is 0 Å². The lowest BCUT2D eigenvalue weighted by Crippen LogP contribution is -2.18. The molecule has 0 bridgehead atoms. The molecule has 0 saturated carbocycles. The van der Waals surface area contributed by atoms with Crippen molar-refractivity contribution in [1.82, 2.24) is 14.9 Å². The molecule has 20 heavy (non-hydrogen) atoms. The van der Waals surface area contributed by atoms with E-state index in [1.807, 2.05) is 10.8 Å². The van der Waals surface area contributed by atoms with Crippen molar-refractivity contribution in [3.05, 3.63) is 52.8 Å². The molecule has 0 aliphatic heterocycles. The van der Waals surface area contributed by atoms with E-state index >= 15 is 0 Å². The fourth-order valence-corrected chi connectivity index (χ4v) is 2.01. The lowest BCUT2D eigenvalue weighted by Gasteiger charge is -2.05. The minimum atomic E-state index is -0.286. The molecule has 0 radical (unpaired) electrons. The first-order chi connectivity index (χ1) is 9.69. The van der Waals surface area contributed by atoms with Gasteiger partial charge in [-0.3, -0.25) is 0 Å². The standard InChI is InChI=1S/C14H17ClFN3O/c1-20-5-4-17-7-13-9-19(10-18-13)8-11-6-12(16)2-3-14(11)15/h2-3,6,9-10,17H,4-5,7-8H2,1H3. The fourth-order valence-electron chi connectivity index (χ4n) is 1.84. The maximum atomic E-state index is 13.2. The van der Waals surface area contributed by atoms with Gasteiger partial charge in [0.05, 0.1) is 25.2 Å². The van der Waals surface area contributed by atoms with Crippen LogP contribution in [-0.4, -0.2) is 29.8 Å². The Hall–Kier alpha value is -1.43. The highest BCUT2D eigenvalue weighted by atomic mass is 35.5. The number of ether oxygens (including phenoxy) is 1. The van der Waals surface area contributed by atoms with Crippen LogP contribution in [0.15, 0.2) is 30.7 Å². The number of hydrogen-bond acceptors (Lipinski definition) is 3. The molecule has 2 aromatic rings. The third-order valence-electron chi connectivity index (χ3n) is 2.84. The molecule has 1 aromatic carbocycles. The molecule has 4 nitrogen and oxygen atoms in total. The van der Waals surface area contributed by atoms with E-state index in [0.29, 0.717) is 24.7 Å². The normalized spacial score (nSPS) is 10.9. The summed E-state index contributed by atoms with van der Waals surface area (Å²) in [7, 11) is 1.67. The number of halogens is 2. The summed E-state index contributed by atoms with van der Waals surface area (Å²) in [5.74, 6) is -0.286. The number of nitrogens with one attached hydrogen (secondary N) is 1. The van der Waals surface area contributed by atoms with E-state index in [2.05, 4.69) is 10.3 Å². The van der Waals surface area contributed by atoms with Crippen LogP contribution in [0.5, 0.6) is 0 Å². The predicted octanol–water partition coefficient (Wildman–Crippen LogP) is 2.46. The van der Waals surface area contributed by atoms with Crippen molar-refractivity contribution in [2.75, 3.05) is 20.3 Å². The lowest BCUT2D eigenvalue weighted by molar-refractivity contribution is 0.199. The van der Waals surface area contributed by atoms with Crippen LogP contribution < -0.4 is 5.32 Å². The van der Waals surface area contributed by atoms with Crippen LogP contribution >= 0.6 is 11.6 Å². The first kappa shape index (κ1) is 15.0. The van der Waals surface area contributed by atoms with E-state index in [1.54, 1.807) is 19.5 Å². The molecule has 0 unspecified atom stereocenters. The van der Waals surface area contributed by atoms with Crippen molar-refractivity contribution in [1.29, 1.82) is 0 Å². The van der Waals surface area contributed by atoms with Crippen molar-refractivity contribution in [2.24, 2.45) is 0 Å². The van der Waals surface area contributed by atoms with Crippen LogP contribution in [-0.2, 0) is 17.8 Å². The monoisotopic (exact) mass is 297 g/mol. The Bertz CT molecular complexity index is 559. The summed E-state index contributed by atoms with van der Waals surface area (Å²) in [5.41, 5.74) is 1.66. The SMILES string of the molecule is COCCNCc1cn(Cc2cc(F)ccc2Cl)cn1. The highest BCUT2D eigenvalue weighted by Crippen LogP contribution is 2.18. The van der Waals surface area contributed by atoms with Gasteiger partial charge in [0.1, 0.15) is 5.82 Å². The van der Waals surface area contributed by atoms with Gasteiger partial charge >= 0.3 is 0 Å². The Labute approximate surface area is 122 Å². The Morgan fingerprint density at radius 3 is 3.10 bits per heavy atom. The highest BCUT2D eigenvalue weighted by Gasteiger charge is 2.04. The Kier molecular flexibility index (Phi) is 5.52. The zero-order chi connectivity index (χ0) is 14.4. The van der Waals surface area contributed by atoms with Crippen molar-refractivity contribution in [2.45, 2.75) is 13.1 Å². The van der Waals surface area contributed by atoms with Gasteiger partial charge in [-0.25, -0.2) is 9.37 Å². The number of aromatic nitrogens is 2. The smallest absolute Gasteiger partial charge is 0.123 e.